The molecule has 1 N–H and O–H groups in total. The fraction of sp³-hybridized carbons (Fsp3) is 0.538. The standard InChI is InChI=1S/C13H20ClN3O/c1-5-6-17-13(18)12(14)11(8-15-17)16-10(4)7-9(2)3/h5,8-10,16H,1,6-7H2,2-4H3. The van der Waals surface area contributed by atoms with Crippen molar-refractivity contribution in [3.05, 3.63) is 34.2 Å². The van der Waals surface area contributed by atoms with Crippen molar-refractivity contribution in [2.45, 2.75) is 39.8 Å². The summed E-state index contributed by atoms with van der Waals surface area (Å²) in [5.74, 6) is 0.584. The Balaban J connectivity index is 2.88. The van der Waals surface area contributed by atoms with Crippen LogP contribution < -0.4 is 10.9 Å². The van der Waals surface area contributed by atoms with E-state index in [1.54, 1.807) is 12.3 Å². The van der Waals surface area contributed by atoms with Crippen molar-refractivity contribution in [3.63, 3.8) is 0 Å². The van der Waals surface area contributed by atoms with Crippen LogP contribution in [0.4, 0.5) is 5.69 Å². The third-order valence-corrected chi connectivity index (χ3v) is 2.88. The van der Waals surface area contributed by atoms with Crippen LogP contribution in [0.1, 0.15) is 27.2 Å². The molecule has 0 bridgehead atoms. The highest BCUT2D eigenvalue weighted by Gasteiger charge is 2.11. The molecule has 0 aliphatic heterocycles. The summed E-state index contributed by atoms with van der Waals surface area (Å²) >= 11 is 6.04. The smallest absolute Gasteiger partial charge is 0.287 e. The first-order chi connectivity index (χ1) is 8.45. The average molecular weight is 270 g/mol. The summed E-state index contributed by atoms with van der Waals surface area (Å²) < 4.78 is 1.29. The first kappa shape index (κ1) is 14.8. The highest BCUT2D eigenvalue weighted by Crippen LogP contribution is 2.18. The number of hydrogen-bond donors (Lipinski definition) is 1. The molecule has 1 rings (SSSR count). The van der Waals surface area contributed by atoms with E-state index in [4.69, 9.17) is 11.6 Å². The predicted molar refractivity (Wildman–Crippen MR) is 76.2 cm³/mol. The second-order valence-corrected chi connectivity index (χ2v) is 5.20. The predicted octanol–water partition coefficient (Wildman–Crippen LogP) is 2.93. The molecule has 1 aromatic heterocycles. The normalized spacial score (nSPS) is 12.5. The van der Waals surface area contributed by atoms with Gasteiger partial charge in [0, 0.05) is 6.04 Å². The van der Waals surface area contributed by atoms with Crippen LogP contribution in [-0.2, 0) is 6.54 Å². The minimum absolute atomic E-state index is 0.183. The molecule has 1 atom stereocenters. The summed E-state index contributed by atoms with van der Waals surface area (Å²) in [6.07, 6.45) is 4.20. The van der Waals surface area contributed by atoms with Crippen molar-refractivity contribution in [2.24, 2.45) is 5.92 Å². The summed E-state index contributed by atoms with van der Waals surface area (Å²) in [5.41, 5.74) is 0.299. The summed E-state index contributed by atoms with van der Waals surface area (Å²) in [6, 6.07) is 0.249. The highest BCUT2D eigenvalue weighted by molar-refractivity contribution is 6.32. The maximum Gasteiger partial charge on any atom is 0.287 e. The summed E-state index contributed by atoms with van der Waals surface area (Å²) in [5, 5.41) is 7.45. The van der Waals surface area contributed by atoms with Gasteiger partial charge in [-0.2, -0.15) is 5.10 Å². The first-order valence-electron chi connectivity index (χ1n) is 6.08. The lowest BCUT2D eigenvalue weighted by Crippen LogP contribution is -2.25. The van der Waals surface area contributed by atoms with Gasteiger partial charge in [0.2, 0.25) is 0 Å². The Kier molecular flexibility index (Phi) is 5.41. The molecule has 0 aliphatic carbocycles. The third-order valence-electron chi connectivity index (χ3n) is 2.51. The molecule has 1 heterocycles. The molecule has 0 spiro atoms. The molecular weight excluding hydrogens is 250 g/mol. The van der Waals surface area contributed by atoms with Crippen molar-refractivity contribution in [2.75, 3.05) is 5.32 Å². The molecule has 4 nitrogen and oxygen atoms in total. The second-order valence-electron chi connectivity index (χ2n) is 4.82. The Morgan fingerprint density at radius 3 is 2.78 bits per heavy atom. The minimum Gasteiger partial charge on any atom is -0.380 e. The number of aromatic nitrogens is 2. The minimum atomic E-state index is -0.293. The molecule has 0 aliphatic rings. The van der Waals surface area contributed by atoms with Gasteiger partial charge in [-0.1, -0.05) is 31.5 Å². The average Bonchev–Trinajstić information content (AvgIpc) is 2.28. The molecule has 0 saturated carbocycles. The Bertz CT molecular complexity index is 468. The van der Waals surface area contributed by atoms with Crippen molar-refractivity contribution in [3.8, 4) is 0 Å². The molecule has 18 heavy (non-hydrogen) atoms. The van der Waals surface area contributed by atoms with Crippen molar-refractivity contribution < 1.29 is 0 Å². The zero-order valence-corrected chi connectivity index (χ0v) is 11.9. The summed E-state index contributed by atoms with van der Waals surface area (Å²) in [4.78, 5) is 11.9. The van der Waals surface area contributed by atoms with Crippen molar-refractivity contribution >= 4 is 17.3 Å². The number of hydrogen-bond acceptors (Lipinski definition) is 3. The molecule has 0 saturated heterocycles. The number of anilines is 1. The molecule has 0 radical (unpaired) electrons. The maximum absolute atomic E-state index is 11.9. The summed E-state index contributed by atoms with van der Waals surface area (Å²) in [7, 11) is 0. The number of halogens is 1. The van der Waals surface area contributed by atoms with Crippen LogP contribution in [0.2, 0.25) is 5.02 Å². The van der Waals surface area contributed by atoms with Gasteiger partial charge in [-0.05, 0) is 19.3 Å². The van der Waals surface area contributed by atoms with Crippen LogP contribution in [0.5, 0.6) is 0 Å². The van der Waals surface area contributed by atoms with Gasteiger partial charge in [-0.25, -0.2) is 4.68 Å². The Morgan fingerprint density at radius 2 is 2.22 bits per heavy atom. The van der Waals surface area contributed by atoms with E-state index >= 15 is 0 Å². The van der Waals surface area contributed by atoms with Crippen LogP contribution in [-0.4, -0.2) is 15.8 Å². The Labute approximate surface area is 113 Å². The topological polar surface area (TPSA) is 46.9 Å². The molecular formula is C13H20ClN3O. The summed E-state index contributed by atoms with van der Waals surface area (Å²) in [6.45, 7) is 10.3. The number of nitrogens with one attached hydrogen (secondary N) is 1. The molecule has 0 fully saturated rings. The fourth-order valence-electron chi connectivity index (χ4n) is 1.85. The van der Waals surface area contributed by atoms with Gasteiger partial charge in [-0.3, -0.25) is 4.79 Å². The van der Waals surface area contributed by atoms with Crippen LogP contribution in [0.3, 0.4) is 0 Å². The Hall–Kier alpha value is -1.29. The van der Waals surface area contributed by atoms with Crippen molar-refractivity contribution in [1.29, 1.82) is 0 Å². The van der Waals surface area contributed by atoms with Gasteiger partial charge in [-0.15, -0.1) is 6.58 Å². The van der Waals surface area contributed by atoms with E-state index in [0.717, 1.165) is 6.42 Å². The molecule has 5 heteroatoms. The van der Waals surface area contributed by atoms with Gasteiger partial charge >= 0.3 is 0 Å². The van der Waals surface area contributed by atoms with Gasteiger partial charge in [0.15, 0.2) is 0 Å². The van der Waals surface area contributed by atoms with E-state index in [1.807, 2.05) is 0 Å². The number of nitrogens with zero attached hydrogens (tertiary/aromatic N) is 2. The lowest BCUT2D eigenvalue weighted by molar-refractivity contribution is 0.539. The van der Waals surface area contributed by atoms with Gasteiger partial charge < -0.3 is 5.32 Å². The third kappa shape index (κ3) is 3.88. The first-order valence-corrected chi connectivity index (χ1v) is 6.46. The van der Waals surface area contributed by atoms with Crippen LogP contribution >= 0.6 is 11.6 Å². The number of allylic oxidation sites excluding steroid dienone is 1. The number of rotatable bonds is 6. The zero-order chi connectivity index (χ0) is 13.7. The molecule has 1 unspecified atom stereocenters. The van der Waals surface area contributed by atoms with Gasteiger partial charge in [0.25, 0.3) is 5.56 Å². The zero-order valence-electron chi connectivity index (χ0n) is 11.1. The van der Waals surface area contributed by atoms with Gasteiger partial charge in [0.1, 0.15) is 5.02 Å². The maximum atomic E-state index is 11.9. The Morgan fingerprint density at radius 1 is 1.56 bits per heavy atom. The highest BCUT2D eigenvalue weighted by atomic mass is 35.5. The van der Waals surface area contributed by atoms with E-state index < -0.39 is 0 Å². The van der Waals surface area contributed by atoms with E-state index in [0.29, 0.717) is 18.2 Å². The fourth-order valence-corrected chi connectivity index (χ4v) is 2.05. The van der Waals surface area contributed by atoms with E-state index in [1.165, 1.54) is 4.68 Å². The SMILES string of the molecule is C=CCn1ncc(NC(C)CC(C)C)c(Cl)c1=O. The van der Waals surface area contributed by atoms with Crippen LogP contribution in [0, 0.1) is 5.92 Å². The van der Waals surface area contributed by atoms with Crippen LogP contribution in [0.25, 0.3) is 0 Å². The quantitative estimate of drug-likeness (QED) is 0.808. The van der Waals surface area contributed by atoms with E-state index in [9.17, 15) is 4.79 Å². The van der Waals surface area contributed by atoms with E-state index in [2.05, 4.69) is 37.8 Å². The van der Waals surface area contributed by atoms with E-state index in [-0.39, 0.29) is 16.6 Å². The lowest BCUT2D eigenvalue weighted by atomic mass is 10.1. The largest absolute Gasteiger partial charge is 0.380 e. The second kappa shape index (κ2) is 6.59. The molecule has 100 valence electrons. The molecule has 1 aromatic rings. The molecule has 0 aromatic carbocycles. The lowest BCUT2D eigenvalue weighted by Gasteiger charge is -2.17. The van der Waals surface area contributed by atoms with Crippen molar-refractivity contribution in [1.82, 2.24) is 9.78 Å². The molecule has 0 amide bonds. The van der Waals surface area contributed by atoms with Crippen LogP contribution in [0.15, 0.2) is 23.6 Å². The van der Waals surface area contributed by atoms with Gasteiger partial charge in [0.05, 0.1) is 18.4 Å². The monoisotopic (exact) mass is 269 g/mol.